The third-order valence-electron chi connectivity index (χ3n) is 2.41. The van der Waals surface area contributed by atoms with Crippen molar-refractivity contribution in [2.75, 3.05) is 0 Å². The molecule has 80 valence electrons. The average molecular weight is 273 g/mol. The molecule has 0 amide bonds. The highest BCUT2D eigenvalue weighted by Gasteiger charge is 1.94. The summed E-state index contributed by atoms with van der Waals surface area (Å²) in [5, 5.41) is 0. The Morgan fingerprint density at radius 3 is 2.31 bits per heavy atom. The van der Waals surface area contributed by atoms with Crippen LogP contribution in [0.4, 0.5) is 0 Å². The van der Waals surface area contributed by atoms with Crippen LogP contribution in [0.25, 0.3) is 6.08 Å². The lowest BCUT2D eigenvalue weighted by molar-refractivity contribution is 1.26. The molecule has 0 bridgehead atoms. The van der Waals surface area contributed by atoms with E-state index in [1.54, 1.807) is 0 Å². The molecule has 16 heavy (non-hydrogen) atoms. The maximum Gasteiger partial charge on any atom is 0.0210 e. The van der Waals surface area contributed by atoms with Gasteiger partial charge in [-0.3, -0.25) is 0 Å². The fraction of sp³-hybridized carbons (Fsp3) is 0.0667. The smallest absolute Gasteiger partial charge is 0.0210 e. The Hall–Kier alpha value is -1.34. The second kappa shape index (κ2) is 5.66. The van der Waals surface area contributed by atoms with Crippen molar-refractivity contribution >= 4 is 22.0 Å². The second-order valence-corrected chi connectivity index (χ2v) is 4.46. The van der Waals surface area contributed by atoms with Gasteiger partial charge in [0.15, 0.2) is 0 Å². The van der Waals surface area contributed by atoms with Crippen molar-refractivity contribution in [3.05, 3.63) is 76.3 Å². The molecule has 0 fully saturated rings. The van der Waals surface area contributed by atoms with E-state index in [0.29, 0.717) is 0 Å². The third-order valence-corrected chi connectivity index (χ3v) is 3.18. The Labute approximate surface area is 105 Å². The van der Waals surface area contributed by atoms with E-state index in [1.807, 2.05) is 12.1 Å². The molecule has 0 radical (unpaired) electrons. The van der Waals surface area contributed by atoms with Crippen molar-refractivity contribution in [2.24, 2.45) is 0 Å². The van der Waals surface area contributed by atoms with Crippen LogP contribution in [0.15, 0.2) is 65.1 Å². The SMILES string of the molecule is Brc1ccccc1CC=Cc1ccccc1. The number of hydrogen-bond donors (Lipinski definition) is 0. The summed E-state index contributed by atoms with van der Waals surface area (Å²) in [4.78, 5) is 0. The van der Waals surface area contributed by atoms with E-state index >= 15 is 0 Å². The Kier molecular flexibility index (Phi) is 3.95. The van der Waals surface area contributed by atoms with Crippen LogP contribution in [0.2, 0.25) is 0 Å². The van der Waals surface area contributed by atoms with Crippen LogP contribution < -0.4 is 0 Å². The summed E-state index contributed by atoms with van der Waals surface area (Å²) in [6, 6.07) is 18.7. The van der Waals surface area contributed by atoms with E-state index in [0.717, 1.165) is 6.42 Å². The molecule has 0 aliphatic carbocycles. The van der Waals surface area contributed by atoms with Crippen LogP contribution in [0.5, 0.6) is 0 Å². The van der Waals surface area contributed by atoms with Gasteiger partial charge in [-0.2, -0.15) is 0 Å². The van der Waals surface area contributed by atoms with E-state index in [4.69, 9.17) is 0 Å². The summed E-state index contributed by atoms with van der Waals surface area (Å²) in [6.07, 6.45) is 5.30. The molecule has 0 saturated heterocycles. The third kappa shape index (κ3) is 3.07. The maximum absolute atomic E-state index is 3.55. The van der Waals surface area contributed by atoms with E-state index in [1.165, 1.54) is 15.6 Å². The summed E-state index contributed by atoms with van der Waals surface area (Å²) in [7, 11) is 0. The molecule has 0 nitrogen and oxygen atoms in total. The lowest BCUT2D eigenvalue weighted by Crippen LogP contribution is -1.81. The molecule has 0 N–H and O–H groups in total. The van der Waals surface area contributed by atoms with E-state index in [9.17, 15) is 0 Å². The van der Waals surface area contributed by atoms with Crippen molar-refractivity contribution in [3.63, 3.8) is 0 Å². The highest BCUT2D eigenvalue weighted by Crippen LogP contribution is 2.16. The highest BCUT2D eigenvalue weighted by atomic mass is 79.9. The van der Waals surface area contributed by atoms with Gasteiger partial charge < -0.3 is 0 Å². The van der Waals surface area contributed by atoms with Crippen LogP contribution in [-0.4, -0.2) is 0 Å². The quantitative estimate of drug-likeness (QED) is 0.760. The number of benzene rings is 2. The molecule has 2 aromatic carbocycles. The fourth-order valence-corrected chi connectivity index (χ4v) is 2.00. The zero-order chi connectivity index (χ0) is 11.2. The van der Waals surface area contributed by atoms with Gasteiger partial charge in [-0.15, -0.1) is 0 Å². The average Bonchev–Trinajstić information content (AvgIpc) is 2.33. The van der Waals surface area contributed by atoms with Gasteiger partial charge in [0.05, 0.1) is 0 Å². The van der Waals surface area contributed by atoms with E-state index in [-0.39, 0.29) is 0 Å². The van der Waals surface area contributed by atoms with Gasteiger partial charge in [0.1, 0.15) is 0 Å². The minimum Gasteiger partial charge on any atom is -0.0795 e. The first kappa shape index (κ1) is 11.2. The zero-order valence-corrected chi connectivity index (χ0v) is 10.5. The number of allylic oxidation sites excluding steroid dienone is 1. The minimum atomic E-state index is 0.955. The number of rotatable bonds is 3. The second-order valence-electron chi connectivity index (χ2n) is 3.61. The van der Waals surface area contributed by atoms with Gasteiger partial charge in [0, 0.05) is 4.47 Å². The molecule has 0 aliphatic heterocycles. The fourth-order valence-electron chi connectivity index (χ4n) is 1.55. The first-order chi connectivity index (χ1) is 7.86. The molecule has 0 atom stereocenters. The minimum absolute atomic E-state index is 0.955. The lowest BCUT2D eigenvalue weighted by Gasteiger charge is -1.99. The molecule has 0 saturated carbocycles. The molecule has 0 spiro atoms. The van der Waals surface area contributed by atoms with E-state index < -0.39 is 0 Å². The Bertz CT molecular complexity index is 472. The highest BCUT2D eigenvalue weighted by molar-refractivity contribution is 9.10. The van der Waals surface area contributed by atoms with Gasteiger partial charge in [-0.1, -0.05) is 76.6 Å². The van der Waals surface area contributed by atoms with Crippen molar-refractivity contribution in [1.82, 2.24) is 0 Å². The lowest BCUT2D eigenvalue weighted by atomic mass is 10.1. The van der Waals surface area contributed by atoms with Crippen LogP contribution >= 0.6 is 15.9 Å². The number of halogens is 1. The van der Waals surface area contributed by atoms with Crippen molar-refractivity contribution in [1.29, 1.82) is 0 Å². The Morgan fingerprint density at radius 2 is 1.56 bits per heavy atom. The Morgan fingerprint density at radius 1 is 0.875 bits per heavy atom. The van der Waals surface area contributed by atoms with Gasteiger partial charge in [0.25, 0.3) is 0 Å². The number of hydrogen-bond acceptors (Lipinski definition) is 0. The molecule has 0 unspecified atom stereocenters. The van der Waals surface area contributed by atoms with Gasteiger partial charge in [-0.25, -0.2) is 0 Å². The van der Waals surface area contributed by atoms with Crippen LogP contribution in [0.3, 0.4) is 0 Å². The molecule has 2 aromatic rings. The van der Waals surface area contributed by atoms with Gasteiger partial charge >= 0.3 is 0 Å². The largest absolute Gasteiger partial charge is 0.0795 e. The van der Waals surface area contributed by atoms with Crippen molar-refractivity contribution < 1.29 is 0 Å². The molecule has 0 aromatic heterocycles. The predicted octanol–water partition coefficient (Wildman–Crippen LogP) is 4.71. The summed E-state index contributed by atoms with van der Waals surface area (Å²) in [6.45, 7) is 0. The van der Waals surface area contributed by atoms with Crippen LogP contribution in [0, 0.1) is 0 Å². The van der Waals surface area contributed by atoms with Crippen LogP contribution in [0.1, 0.15) is 11.1 Å². The molecule has 2 rings (SSSR count). The van der Waals surface area contributed by atoms with Crippen molar-refractivity contribution in [2.45, 2.75) is 6.42 Å². The Balaban J connectivity index is 2.03. The predicted molar refractivity (Wildman–Crippen MR) is 73.3 cm³/mol. The topological polar surface area (TPSA) is 0 Å². The normalized spacial score (nSPS) is 10.8. The molecule has 0 heterocycles. The van der Waals surface area contributed by atoms with Gasteiger partial charge in [0.2, 0.25) is 0 Å². The zero-order valence-electron chi connectivity index (χ0n) is 8.94. The summed E-state index contributed by atoms with van der Waals surface area (Å²) in [5.41, 5.74) is 2.56. The van der Waals surface area contributed by atoms with Gasteiger partial charge in [-0.05, 0) is 23.6 Å². The summed E-state index contributed by atoms with van der Waals surface area (Å²) in [5.74, 6) is 0. The molecular formula is C15H13Br. The molecule has 0 aliphatic rings. The van der Waals surface area contributed by atoms with Crippen molar-refractivity contribution in [3.8, 4) is 0 Å². The maximum atomic E-state index is 3.55. The standard InChI is InChI=1S/C15H13Br/c16-15-12-5-4-10-14(15)11-6-9-13-7-2-1-3-8-13/h1-10,12H,11H2. The molecule has 1 heteroatoms. The monoisotopic (exact) mass is 272 g/mol. The van der Waals surface area contributed by atoms with Crippen LogP contribution in [-0.2, 0) is 6.42 Å². The summed E-state index contributed by atoms with van der Waals surface area (Å²) >= 11 is 3.55. The first-order valence-electron chi connectivity index (χ1n) is 5.31. The first-order valence-corrected chi connectivity index (χ1v) is 6.10. The molecular weight excluding hydrogens is 260 g/mol. The van der Waals surface area contributed by atoms with E-state index in [2.05, 4.69) is 70.5 Å². The summed E-state index contributed by atoms with van der Waals surface area (Å²) < 4.78 is 1.17.